The fourth-order valence-corrected chi connectivity index (χ4v) is 2.01. The zero-order valence-corrected chi connectivity index (χ0v) is 9.93. The fraction of sp³-hybridized carbons (Fsp3) is 0.545. The highest BCUT2D eigenvalue weighted by Gasteiger charge is 2.06. The molecule has 2 N–H and O–H groups in total. The maximum atomic E-state index is 10.6. The molecule has 4 heteroatoms. The van der Waals surface area contributed by atoms with Crippen LogP contribution in [-0.2, 0) is 6.54 Å². The Balaban J connectivity index is 2.29. The lowest BCUT2D eigenvalue weighted by Gasteiger charge is -2.05. The van der Waals surface area contributed by atoms with E-state index in [-0.39, 0.29) is 0 Å². The van der Waals surface area contributed by atoms with Crippen molar-refractivity contribution in [3.8, 4) is 0 Å². The van der Waals surface area contributed by atoms with Gasteiger partial charge in [0.15, 0.2) is 0 Å². The third-order valence-corrected chi connectivity index (χ3v) is 3.14. The molecule has 1 aromatic rings. The van der Waals surface area contributed by atoms with Crippen LogP contribution < -0.4 is 5.32 Å². The molecule has 1 aromatic heterocycles. The van der Waals surface area contributed by atoms with Gasteiger partial charge in [0.05, 0.1) is 0 Å². The topological polar surface area (TPSA) is 49.3 Å². The minimum absolute atomic E-state index is 0.413. The molecule has 15 heavy (non-hydrogen) atoms. The second-order valence-corrected chi connectivity index (χ2v) is 5.10. The molecule has 1 heterocycles. The number of nitrogens with one attached hydrogen (secondary N) is 1. The fourth-order valence-electron chi connectivity index (χ4n) is 1.19. The highest BCUT2D eigenvalue weighted by Crippen LogP contribution is 2.15. The Morgan fingerprint density at radius 1 is 1.53 bits per heavy atom. The van der Waals surface area contributed by atoms with Gasteiger partial charge in [0.1, 0.15) is 4.88 Å². The van der Waals surface area contributed by atoms with Crippen molar-refractivity contribution in [3.05, 3.63) is 21.9 Å². The van der Waals surface area contributed by atoms with Gasteiger partial charge in [0.2, 0.25) is 0 Å². The lowest BCUT2D eigenvalue weighted by Crippen LogP contribution is -2.15. The van der Waals surface area contributed by atoms with Crippen LogP contribution in [0.25, 0.3) is 0 Å². The molecule has 0 saturated carbocycles. The first-order valence-corrected chi connectivity index (χ1v) is 5.94. The number of carboxylic acids is 1. The van der Waals surface area contributed by atoms with E-state index >= 15 is 0 Å². The molecule has 0 aliphatic heterocycles. The summed E-state index contributed by atoms with van der Waals surface area (Å²) in [5, 5.41) is 12.0. The van der Waals surface area contributed by atoms with Crippen molar-refractivity contribution < 1.29 is 9.90 Å². The number of carboxylic acid groups (broad SMARTS) is 1. The minimum Gasteiger partial charge on any atom is -0.477 e. The van der Waals surface area contributed by atoms with Crippen molar-refractivity contribution in [3.63, 3.8) is 0 Å². The van der Waals surface area contributed by atoms with E-state index in [1.165, 1.54) is 11.3 Å². The van der Waals surface area contributed by atoms with Gasteiger partial charge in [-0.15, -0.1) is 11.3 Å². The molecule has 0 saturated heterocycles. The number of aromatic carboxylic acids is 1. The molecule has 0 fully saturated rings. The third-order valence-electron chi connectivity index (χ3n) is 2.07. The molecular formula is C11H17NO2S. The van der Waals surface area contributed by atoms with Crippen LogP contribution in [0.2, 0.25) is 0 Å². The Kier molecular flexibility index (Phi) is 4.78. The Bertz CT molecular complexity index is 320. The van der Waals surface area contributed by atoms with Gasteiger partial charge in [0.25, 0.3) is 0 Å². The monoisotopic (exact) mass is 227 g/mol. The van der Waals surface area contributed by atoms with Gasteiger partial charge in [-0.1, -0.05) is 13.8 Å². The van der Waals surface area contributed by atoms with E-state index in [0.717, 1.165) is 24.4 Å². The summed E-state index contributed by atoms with van der Waals surface area (Å²) in [4.78, 5) is 12.1. The molecule has 0 aliphatic carbocycles. The zero-order chi connectivity index (χ0) is 11.3. The Hall–Kier alpha value is -0.870. The highest BCUT2D eigenvalue weighted by atomic mass is 32.1. The lowest BCUT2D eigenvalue weighted by molar-refractivity contribution is 0.0702. The molecule has 0 aromatic carbocycles. The quantitative estimate of drug-likeness (QED) is 0.734. The number of hydrogen-bond acceptors (Lipinski definition) is 3. The summed E-state index contributed by atoms with van der Waals surface area (Å²) in [5.74, 6) is -0.135. The molecule has 84 valence electrons. The summed E-state index contributed by atoms with van der Waals surface area (Å²) in [6.45, 7) is 6.13. The van der Waals surface area contributed by atoms with E-state index in [4.69, 9.17) is 5.11 Å². The van der Waals surface area contributed by atoms with E-state index in [1.54, 1.807) is 6.07 Å². The number of hydrogen-bond donors (Lipinski definition) is 2. The Morgan fingerprint density at radius 3 is 2.80 bits per heavy atom. The number of thiophene rings is 1. The van der Waals surface area contributed by atoms with Crippen LogP contribution >= 0.6 is 11.3 Å². The predicted molar refractivity (Wildman–Crippen MR) is 62.4 cm³/mol. The van der Waals surface area contributed by atoms with Crippen molar-refractivity contribution in [2.75, 3.05) is 6.54 Å². The van der Waals surface area contributed by atoms with Crippen LogP contribution in [0.5, 0.6) is 0 Å². The van der Waals surface area contributed by atoms with E-state index in [1.807, 2.05) is 6.07 Å². The van der Waals surface area contributed by atoms with Crippen molar-refractivity contribution in [2.24, 2.45) is 5.92 Å². The van der Waals surface area contributed by atoms with Crippen molar-refractivity contribution in [1.82, 2.24) is 5.32 Å². The van der Waals surface area contributed by atoms with Crippen LogP contribution in [-0.4, -0.2) is 17.6 Å². The second-order valence-electron chi connectivity index (χ2n) is 3.93. The molecule has 0 atom stereocenters. The maximum Gasteiger partial charge on any atom is 0.345 e. The van der Waals surface area contributed by atoms with Crippen LogP contribution in [0.4, 0.5) is 0 Å². The molecule has 0 spiro atoms. The Morgan fingerprint density at radius 2 is 2.27 bits per heavy atom. The van der Waals surface area contributed by atoms with Gasteiger partial charge in [-0.3, -0.25) is 0 Å². The van der Waals surface area contributed by atoms with Gasteiger partial charge in [-0.2, -0.15) is 0 Å². The average molecular weight is 227 g/mol. The number of carbonyl (C=O) groups is 1. The molecule has 1 rings (SSSR count). The normalized spacial score (nSPS) is 10.9. The maximum absolute atomic E-state index is 10.6. The van der Waals surface area contributed by atoms with Crippen molar-refractivity contribution >= 4 is 17.3 Å². The summed E-state index contributed by atoms with van der Waals surface area (Å²) >= 11 is 1.34. The lowest BCUT2D eigenvalue weighted by atomic mass is 10.1. The molecule has 0 aliphatic rings. The summed E-state index contributed by atoms with van der Waals surface area (Å²) in [6, 6.07) is 3.53. The minimum atomic E-state index is -0.839. The van der Waals surface area contributed by atoms with Crippen LogP contribution in [0.15, 0.2) is 12.1 Å². The SMILES string of the molecule is CC(C)CCNCc1ccc(C(=O)O)s1. The summed E-state index contributed by atoms with van der Waals surface area (Å²) in [7, 11) is 0. The predicted octanol–water partition coefficient (Wildman–Crippen LogP) is 2.58. The van der Waals surface area contributed by atoms with Gasteiger partial charge >= 0.3 is 5.97 Å². The average Bonchev–Trinajstić information content (AvgIpc) is 2.60. The first-order chi connectivity index (χ1) is 7.09. The molecule has 3 nitrogen and oxygen atoms in total. The third kappa shape index (κ3) is 4.44. The Labute approximate surface area is 94.1 Å². The first kappa shape index (κ1) is 12.2. The van der Waals surface area contributed by atoms with E-state index in [2.05, 4.69) is 19.2 Å². The summed E-state index contributed by atoms with van der Waals surface area (Å²) in [5.41, 5.74) is 0. The smallest absolute Gasteiger partial charge is 0.345 e. The van der Waals surface area contributed by atoms with Crippen LogP contribution in [0.1, 0.15) is 34.8 Å². The van der Waals surface area contributed by atoms with Gasteiger partial charge in [0, 0.05) is 11.4 Å². The molecule has 0 bridgehead atoms. The second kappa shape index (κ2) is 5.88. The largest absolute Gasteiger partial charge is 0.477 e. The molecule has 0 amide bonds. The summed E-state index contributed by atoms with van der Waals surface area (Å²) in [6.07, 6.45) is 1.15. The molecular weight excluding hydrogens is 210 g/mol. The van der Waals surface area contributed by atoms with Crippen molar-refractivity contribution in [1.29, 1.82) is 0 Å². The van der Waals surface area contributed by atoms with Gasteiger partial charge in [-0.25, -0.2) is 4.79 Å². The first-order valence-electron chi connectivity index (χ1n) is 5.12. The van der Waals surface area contributed by atoms with Gasteiger partial charge in [-0.05, 0) is 31.0 Å². The van der Waals surface area contributed by atoms with Gasteiger partial charge < -0.3 is 10.4 Å². The van der Waals surface area contributed by atoms with E-state index in [9.17, 15) is 4.79 Å². The van der Waals surface area contributed by atoms with Crippen molar-refractivity contribution in [2.45, 2.75) is 26.8 Å². The molecule has 0 unspecified atom stereocenters. The van der Waals surface area contributed by atoms with E-state index < -0.39 is 5.97 Å². The number of rotatable bonds is 6. The van der Waals surface area contributed by atoms with Crippen LogP contribution in [0.3, 0.4) is 0 Å². The standard InChI is InChI=1S/C11H17NO2S/c1-8(2)5-6-12-7-9-3-4-10(15-9)11(13)14/h3-4,8,12H,5-7H2,1-2H3,(H,13,14). The van der Waals surface area contributed by atoms with Crippen LogP contribution in [0, 0.1) is 5.92 Å². The molecule has 0 radical (unpaired) electrons. The summed E-state index contributed by atoms with van der Waals surface area (Å²) < 4.78 is 0. The zero-order valence-electron chi connectivity index (χ0n) is 9.12. The highest BCUT2D eigenvalue weighted by molar-refractivity contribution is 7.13. The van der Waals surface area contributed by atoms with E-state index in [0.29, 0.717) is 10.8 Å².